The molecule has 0 aromatic heterocycles. The summed E-state index contributed by atoms with van der Waals surface area (Å²) in [5, 5.41) is 15.6. The zero-order chi connectivity index (χ0) is 10.2. The summed E-state index contributed by atoms with van der Waals surface area (Å²) < 4.78 is 27.1. The molecular formula is C5H12O6S. The topological polar surface area (TPSA) is 112 Å². The molecule has 0 aliphatic rings. The average molecular weight is 200 g/mol. The Bertz CT molecular complexity index is 206. The summed E-state index contributed by atoms with van der Waals surface area (Å²) in [5.74, 6) is -1.32. The van der Waals surface area contributed by atoms with Gasteiger partial charge in [-0.25, -0.2) is 0 Å². The second-order valence-corrected chi connectivity index (χ2v) is 3.33. The van der Waals surface area contributed by atoms with E-state index >= 15 is 0 Å². The maximum Gasteiger partial charge on any atom is 0.303 e. The van der Waals surface area contributed by atoms with Crippen molar-refractivity contribution in [3.05, 3.63) is 0 Å². The van der Waals surface area contributed by atoms with E-state index in [0.717, 1.165) is 0 Å². The molecule has 0 bridgehead atoms. The number of aliphatic carboxylic acids is 1. The molecule has 0 radical (unpaired) electrons. The van der Waals surface area contributed by atoms with Gasteiger partial charge in [-0.2, -0.15) is 8.42 Å². The molecule has 74 valence electrons. The highest BCUT2D eigenvalue weighted by molar-refractivity contribution is 7.85. The first-order chi connectivity index (χ1) is 5.33. The molecule has 0 heterocycles. The van der Waals surface area contributed by atoms with Gasteiger partial charge < -0.3 is 10.2 Å². The molecule has 0 fully saturated rings. The summed E-state index contributed by atoms with van der Waals surface area (Å²) >= 11 is 0. The maximum absolute atomic E-state index is 9.63. The van der Waals surface area contributed by atoms with Crippen LogP contribution >= 0.6 is 0 Å². The van der Waals surface area contributed by atoms with Gasteiger partial charge in [-0.1, -0.05) is 6.92 Å². The van der Waals surface area contributed by atoms with Crippen LogP contribution in [0.5, 0.6) is 0 Å². The lowest BCUT2D eigenvalue weighted by atomic mass is 10.5. The minimum Gasteiger partial charge on any atom is -0.481 e. The van der Waals surface area contributed by atoms with E-state index in [1.54, 1.807) is 6.92 Å². The molecule has 0 saturated heterocycles. The van der Waals surface area contributed by atoms with E-state index in [1.165, 1.54) is 0 Å². The van der Waals surface area contributed by atoms with Gasteiger partial charge in [0, 0.05) is 6.42 Å². The number of hydrogen-bond donors (Lipinski definition) is 3. The molecule has 12 heavy (non-hydrogen) atoms. The van der Waals surface area contributed by atoms with Crippen molar-refractivity contribution in [3.63, 3.8) is 0 Å². The molecule has 0 aliphatic carbocycles. The van der Waals surface area contributed by atoms with Gasteiger partial charge in [0.25, 0.3) is 10.1 Å². The van der Waals surface area contributed by atoms with E-state index in [0.29, 0.717) is 0 Å². The van der Waals surface area contributed by atoms with E-state index < -0.39 is 28.4 Å². The Balaban J connectivity index is 0. The fourth-order valence-electron chi connectivity index (χ4n) is 0.115. The van der Waals surface area contributed by atoms with E-state index in [2.05, 4.69) is 0 Å². The van der Waals surface area contributed by atoms with Gasteiger partial charge in [-0.05, 0) is 0 Å². The molecule has 0 amide bonds. The van der Waals surface area contributed by atoms with Gasteiger partial charge in [0.2, 0.25) is 0 Å². The van der Waals surface area contributed by atoms with Crippen LogP contribution in [0.4, 0.5) is 0 Å². The normalized spacial score (nSPS) is 9.92. The average Bonchev–Trinajstić information content (AvgIpc) is 1.86. The SMILES string of the molecule is CCC(=O)O.O=S(=O)(O)CCO. The number of carboxylic acid groups (broad SMARTS) is 1. The highest BCUT2D eigenvalue weighted by Gasteiger charge is 1.99. The number of carbonyl (C=O) groups is 1. The number of carboxylic acids is 1. The third kappa shape index (κ3) is 22.8. The fraction of sp³-hybridized carbons (Fsp3) is 0.800. The summed E-state index contributed by atoms with van der Waals surface area (Å²) in [5.41, 5.74) is 0. The molecule has 3 N–H and O–H groups in total. The summed E-state index contributed by atoms with van der Waals surface area (Å²) in [6.45, 7) is 1.07. The standard InChI is InChI=1S/C3H6O2.C2H6O4S/c1-2-3(4)5;3-1-2-7(4,5)6/h2H2,1H3,(H,4,5);3H,1-2H2,(H,4,5,6). The van der Waals surface area contributed by atoms with E-state index in [-0.39, 0.29) is 6.42 Å². The van der Waals surface area contributed by atoms with Crippen LogP contribution in [0.3, 0.4) is 0 Å². The second kappa shape index (κ2) is 7.01. The Labute approximate surface area is 70.6 Å². The van der Waals surface area contributed by atoms with Crippen LogP contribution in [0.2, 0.25) is 0 Å². The largest absolute Gasteiger partial charge is 0.481 e. The number of rotatable bonds is 3. The van der Waals surface area contributed by atoms with Crippen molar-refractivity contribution in [2.45, 2.75) is 13.3 Å². The lowest BCUT2D eigenvalue weighted by Gasteiger charge is -1.85. The minimum absolute atomic E-state index is 0.222. The van der Waals surface area contributed by atoms with Crippen LogP contribution in [0.15, 0.2) is 0 Å². The Morgan fingerprint density at radius 3 is 1.75 bits per heavy atom. The fourth-order valence-corrected chi connectivity index (χ4v) is 0.346. The first-order valence-electron chi connectivity index (χ1n) is 3.11. The highest BCUT2D eigenvalue weighted by atomic mass is 32.2. The molecular weight excluding hydrogens is 188 g/mol. The molecule has 0 aromatic rings. The summed E-state index contributed by atoms with van der Waals surface area (Å²) in [6.07, 6.45) is 0.222. The molecule has 0 aliphatic heterocycles. The van der Waals surface area contributed by atoms with Crippen molar-refractivity contribution >= 4 is 16.1 Å². The van der Waals surface area contributed by atoms with Crippen molar-refractivity contribution < 1.29 is 28.0 Å². The number of aliphatic hydroxyl groups excluding tert-OH is 1. The first-order valence-corrected chi connectivity index (χ1v) is 4.72. The molecule has 0 atom stereocenters. The van der Waals surface area contributed by atoms with E-state index in [1.807, 2.05) is 0 Å². The molecule has 0 rings (SSSR count). The number of aliphatic hydroxyl groups is 1. The molecule has 6 nitrogen and oxygen atoms in total. The quantitative estimate of drug-likeness (QED) is 0.522. The lowest BCUT2D eigenvalue weighted by Crippen LogP contribution is -2.06. The Morgan fingerprint density at radius 1 is 1.42 bits per heavy atom. The third-order valence-corrected chi connectivity index (χ3v) is 1.35. The predicted molar refractivity (Wildman–Crippen MR) is 41.4 cm³/mol. The second-order valence-electron chi connectivity index (χ2n) is 1.76. The Kier molecular flexibility index (Phi) is 8.12. The molecule has 0 aromatic carbocycles. The zero-order valence-corrected chi connectivity index (χ0v) is 7.41. The van der Waals surface area contributed by atoms with Crippen molar-refractivity contribution in [2.24, 2.45) is 0 Å². The van der Waals surface area contributed by atoms with Crippen LogP contribution in [0, 0.1) is 0 Å². The van der Waals surface area contributed by atoms with Gasteiger partial charge in [-0.15, -0.1) is 0 Å². The Hall–Kier alpha value is -0.660. The summed E-state index contributed by atoms with van der Waals surface area (Å²) in [6, 6.07) is 0. The molecule has 0 spiro atoms. The molecule has 7 heteroatoms. The van der Waals surface area contributed by atoms with Gasteiger partial charge in [-0.3, -0.25) is 9.35 Å². The van der Waals surface area contributed by atoms with Crippen LogP contribution in [0.25, 0.3) is 0 Å². The van der Waals surface area contributed by atoms with Gasteiger partial charge in [0.05, 0.1) is 12.4 Å². The molecule has 0 unspecified atom stereocenters. The van der Waals surface area contributed by atoms with Crippen molar-refractivity contribution in [1.29, 1.82) is 0 Å². The highest BCUT2D eigenvalue weighted by Crippen LogP contribution is 1.76. The monoisotopic (exact) mass is 200 g/mol. The van der Waals surface area contributed by atoms with E-state index in [9.17, 15) is 13.2 Å². The van der Waals surface area contributed by atoms with Crippen LogP contribution < -0.4 is 0 Å². The smallest absolute Gasteiger partial charge is 0.303 e. The third-order valence-electron chi connectivity index (χ3n) is 0.652. The maximum atomic E-state index is 9.63. The Morgan fingerprint density at radius 2 is 1.75 bits per heavy atom. The van der Waals surface area contributed by atoms with Crippen molar-refractivity contribution in [1.82, 2.24) is 0 Å². The number of hydrogen-bond acceptors (Lipinski definition) is 4. The van der Waals surface area contributed by atoms with Crippen molar-refractivity contribution in [2.75, 3.05) is 12.4 Å². The minimum atomic E-state index is -3.92. The lowest BCUT2D eigenvalue weighted by molar-refractivity contribution is -0.136. The van der Waals surface area contributed by atoms with Gasteiger partial charge in [0.1, 0.15) is 0 Å². The zero-order valence-electron chi connectivity index (χ0n) is 6.60. The summed E-state index contributed by atoms with van der Waals surface area (Å²) in [7, 11) is -3.92. The predicted octanol–water partition coefficient (Wildman–Crippen LogP) is -0.652. The van der Waals surface area contributed by atoms with E-state index in [4.69, 9.17) is 14.8 Å². The van der Waals surface area contributed by atoms with Gasteiger partial charge in [0.15, 0.2) is 0 Å². The first kappa shape index (κ1) is 13.9. The van der Waals surface area contributed by atoms with Gasteiger partial charge >= 0.3 is 5.97 Å². The summed E-state index contributed by atoms with van der Waals surface area (Å²) in [4.78, 5) is 9.37. The van der Waals surface area contributed by atoms with Crippen LogP contribution in [-0.2, 0) is 14.9 Å². The van der Waals surface area contributed by atoms with Crippen LogP contribution in [0.1, 0.15) is 13.3 Å². The van der Waals surface area contributed by atoms with Crippen molar-refractivity contribution in [3.8, 4) is 0 Å². The van der Waals surface area contributed by atoms with Crippen LogP contribution in [-0.4, -0.2) is 41.5 Å². The molecule has 0 saturated carbocycles.